The Bertz CT molecular complexity index is 170. The third-order valence-electron chi connectivity index (χ3n) is 3.56. The van der Waals surface area contributed by atoms with Crippen molar-refractivity contribution < 1.29 is 5.11 Å². The van der Waals surface area contributed by atoms with Crippen LogP contribution < -0.4 is 0 Å². The van der Waals surface area contributed by atoms with Gasteiger partial charge in [-0.1, -0.05) is 19.8 Å². The van der Waals surface area contributed by atoms with Gasteiger partial charge in [-0.2, -0.15) is 0 Å². The Kier molecular flexibility index (Phi) is 5.62. The Morgan fingerprint density at radius 3 is 2.67 bits per heavy atom. The van der Waals surface area contributed by atoms with E-state index >= 15 is 0 Å². The molecule has 0 saturated carbocycles. The maximum absolute atomic E-state index is 9.51. The van der Waals surface area contributed by atoms with Crippen LogP contribution in [0.25, 0.3) is 0 Å². The smallest absolute Gasteiger partial charge is 0.0527 e. The first kappa shape index (κ1) is 13.0. The van der Waals surface area contributed by atoms with Crippen LogP contribution in [0.2, 0.25) is 0 Å². The molecular weight excluding hydrogens is 186 g/mol. The number of nitrogens with zero attached hydrogens (tertiary/aromatic N) is 1. The lowest BCUT2D eigenvalue weighted by Gasteiger charge is -2.40. The first-order chi connectivity index (χ1) is 7.15. The third kappa shape index (κ3) is 4.12. The number of aliphatic hydroxyl groups excluding tert-OH is 1. The lowest BCUT2D eigenvalue weighted by atomic mass is 9.94. The van der Waals surface area contributed by atoms with E-state index in [2.05, 4.69) is 18.7 Å². The van der Waals surface area contributed by atoms with Crippen LogP contribution in [0, 0.1) is 0 Å². The molecule has 2 nitrogen and oxygen atoms in total. The van der Waals surface area contributed by atoms with Crippen molar-refractivity contribution in [1.82, 2.24) is 4.90 Å². The van der Waals surface area contributed by atoms with Gasteiger partial charge in [0.2, 0.25) is 0 Å². The Balaban J connectivity index is 2.48. The summed E-state index contributed by atoms with van der Waals surface area (Å²) in [5.74, 6) is 0. The van der Waals surface area contributed by atoms with Gasteiger partial charge in [0, 0.05) is 12.1 Å². The van der Waals surface area contributed by atoms with E-state index in [1.165, 1.54) is 38.6 Å². The van der Waals surface area contributed by atoms with Crippen molar-refractivity contribution in [1.29, 1.82) is 0 Å². The molecule has 1 aliphatic rings. The van der Waals surface area contributed by atoms with Crippen molar-refractivity contribution in [3.05, 3.63) is 0 Å². The fourth-order valence-corrected chi connectivity index (χ4v) is 2.83. The minimum Gasteiger partial charge on any atom is -0.393 e. The molecular formula is C13H27NO. The summed E-state index contributed by atoms with van der Waals surface area (Å²) >= 11 is 0. The third-order valence-corrected chi connectivity index (χ3v) is 3.56. The molecule has 1 heterocycles. The van der Waals surface area contributed by atoms with Gasteiger partial charge in [-0.3, -0.25) is 4.90 Å². The fraction of sp³-hybridized carbons (Fsp3) is 1.00. The van der Waals surface area contributed by atoms with Crippen LogP contribution in [0.5, 0.6) is 0 Å². The minimum atomic E-state index is -0.149. The highest BCUT2D eigenvalue weighted by molar-refractivity contribution is 4.81. The van der Waals surface area contributed by atoms with E-state index in [1.54, 1.807) is 0 Å². The van der Waals surface area contributed by atoms with Crippen molar-refractivity contribution in [3.63, 3.8) is 0 Å². The number of rotatable bonds is 5. The van der Waals surface area contributed by atoms with Gasteiger partial charge in [0.1, 0.15) is 0 Å². The summed E-state index contributed by atoms with van der Waals surface area (Å²) in [6, 6.07) is 1.32. The molecule has 0 amide bonds. The molecule has 0 aromatic carbocycles. The second kappa shape index (κ2) is 6.49. The molecule has 0 spiro atoms. The molecule has 1 aliphatic heterocycles. The molecule has 1 rings (SSSR count). The zero-order chi connectivity index (χ0) is 11.3. The highest BCUT2D eigenvalue weighted by Crippen LogP contribution is 2.24. The quantitative estimate of drug-likeness (QED) is 0.759. The molecule has 3 unspecified atom stereocenters. The van der Waals surface area contributed by atoms with Gasteiger partial charge in [0.25, 0.3) is 0 Å². The Morgan fingerprint density at radius 1 is 1.33 bits per heavy atom. The van der Waals surface area contributed by atoms with Crippen LogP contribution in [0.15, 0.2) is 0 Å². The summed E-state index contributed by atoms with van der Waals surface area (Å²) in [4.78, 5) is 2.62. The lowest BCUT2D eigenvalue weighted by molar-refractivity contribution is 0.0573. The first-order valence-corrected chi connectivity index (χ1v) is 6.59. The predicted molar refractivity (Wildman–Crippen MR) is 65.0 cm³/mol. The van der Waals surface area contributed by atoms with Gasteiger partial charge in [-0.15, -0.1) is 0 Å². The molecule has 1 fully saturated rings. The van der Waals surface area contributed by atoms with E-state index in [4.69, 9.17) is 0 Å². The number of hydrogen-bond acceptors (Lipinski definition) is 2. The Labute approximate surface area is 94.7 Å². The molecule has 3 atom stereocenters. The van der Waals surface area contributed by atoms with Crippen molar-refractivity contribution in [2.45, 2.75) is 77.5 Å². The largest absolute Gasteiger partial charge is 0.393 e. The highest BCUT2D eigenvalue weighted by Gasteiger charge is 2.26. The molecule has 1 saturated heterocycles. The molecule has 0 aliphatic carbocycles. The molecule has 90 valence electrons. The Hall–Kier alpha value is -0.0800. The Morgan fingerprint density at radius 2 is 2.07 bits per heavy atom. The number of piperidine rings is 1. The zero-order valence-corrected chi connectivity index (χ0v) is 10.6. The SMILES string of the molecule is CCCC(C)N1CCCCC1CC(C)O. The second-order valence-corrected chi connectivity index (χ2v) is 5.11. The van der Waals surface area contributed by atoms with Crippen molar-refractivity contribution >= 4 is 0 Å². The van der Waals surface area contributed by atoms with Gasteiger partial charge < -0.3 is 5.11 Å². The van der Waals surface area contributed by atoms with E-state index in [0.717, 1.165) is 6.42 Å². The normalized spacial score (nSPS) is 27.6. The number of hydrogen-bond donors (Lipinski definition) is 1. The van der Waals surface area contributed by atoms with Gasteiger partial charge in [-0.25, -0.2) is 0 Å². The van der Waals surface area contributed by atoms with E-state index in [1.807, 2.05) is 6.92 Å². The standard InChI is InChI=1S/C13H27NO/c1-4-7-11(2)14-9-6-5-8-13(14)10-12(3)15/h11-13,15H,4-10H2,1-3H3. The average molecular weight is 213 g/mol. The van der Waals surface area contributed by atoms with Crippen molar-refractivity contribution in [2.24, 2.45) is 0 Å². The second-order valence-electron chi connectivity index (χ2n) is 5.11. The first-order valence-electron chi connectivity index (χ1n) is 6.59. The van der Waals surface area contributed by atoms with E-state index in [9.17, 15) is 5.11 Å². The van der Waals surface area contributed by atoms with Crippen molar-refractivity contribution in [2.75, 3.05) is 6.54 Å². The van der Waals surface area contributed by atoms with Gasteiger partial charge in [0.15, 0.2) is 0 Å². The van der Waals surface area contributed by atoms with Crippen LogP contribution in [0.4, 0.5) is 0 Å². The van der Waals surface area contributed by atoms with E-state index in [-0.39, 0.29) is 6.10 Å². The monoisotopic (exact) mass is 213 g/mol. The van der Waals surface area contributed by atoms with Crippen LogP contribution in [0.1, 0.15) is 59.3 Å². The van der Waals surface area contributed by atoms with E-state index < -0.39 is 0 Å². The summed E-state index contributed by atoms with van der Waals surface area (Å²) in [7, 11) is 0. The summed E-state index contributed by atoms with van der Waals surface area (Å²) < 4.78 is 0. The molecule has 0 aromatic rings. The predicted octanol–water partition coefficient (Wildman–Crippen LogP) is 2.80. The number of likely N-dealkylation sites (tertiary alicyclic amines) is 1. The van der Waals surface area contributed by atoms with E-state index in [0.29, 0.717) is 12.1 Å². The highest BCUT2D eigenvalue weighted by atomic mass is 16.3. The van der Waals surface area contributed by atoms with Crippen LogP contribution in [-0.4, -0.2) is 34.7 Å². The average Bonchev–Trinajstić information content (AvgIpc) is 2.18. The molecule has 15 heavy (non-hydrogen) atoms. The minimum absolute atomic E-state index is 0.149. The fourth-order valence-electron chi connectivity index (χ4n) is 2.83. The molecule has 2 heteroatoms. The molecule has 0 radical (unpaired) electrons. The molecule has 1 N–H and O–H groups in total. The lowest BCUT2D eigenvalue weighted by Crippen LogP contribution is -2.46. The molecule has 0 bridgehead atoms. The zero-order valence-electron chi connectivity index (χ0n) is 10.6. The maximum Gasteiger partial charge on any atom is 0.0527 e. The van der Waals surface area contributed by atoms with Crippen LogP contribution in [0.3, 0.4) is 0 Å². The summed E-state index contributed by atoms with van der Waals surface area (Å²) in [6.07, 6.45) is 7.31. The number of aliphatic hydroxyl groups is 1. The van der Waals surface area contributed by atoms with Gasteiger partial charge >= 0.3 is 0 Å². The topological polar surface area (TPSA) is 23.5 Å². The summed E-state index contributed by atoms with van der Waals surface area (Å²) in [5, 5.41) is 9.51. The van der Waals surface area contributed by atoms with Crippen LogP contribution in [-0.2, 0) is 0 Å². The molecule has 0 aromatic heterocycles. The van der Waals surface area contributed by atoms with Gasteiger partial charge in [0.05, 0.1) is 6.10 Å². The summed E-state index contributed by atoms with van der Waals surface area (Å²) in [5.41, 5.74) is 0. The van der Waals surface area contributed by atoms with Crippen LogP contribution >= 0.6 is 0 Å². The van der Waals surface area contributed by atoms with Gasteiger partial charge in [-0.05, 0) is 46.1 Å². The maximum atomic E-state index is 9.51. The summed E-state index contributed by atoms with van der Waals surface area (Å²) in [6.45, 7) is 7.74. The van der Waals surface area contributed by atoms with Crippen molar-refractivity contribution in [3.8, 4) is 0 Å².